The van der Waals surface area contributed by atoms with E-state index in [4.69, 9.17) is 0 Å². The van der Waals surface area contributed by atoms with Crippen LogP contribution < -0.4 is 5.32 Å². The minimum Gasteiger partial charge on any atom is -0.367 e. The van der Waals surface area contributed by atoms with Crippen molar-refractivity contribution in [3.63, 3.8) is 0 Å². The molecule has 2 aromatic rings. The van der Waals surface area contributed by atoms with Crippen molar-refractivity contribution in [2.24, 2.45) is 0 Å². The molecule has 1 N–H and O–H groups in total. The van der Waals surface area contributed by atoms with Crippen LogP contribution >= 0.6 is 0 Å². The molecule has 3 rings (SSSR count). The maximum Gasteiger partial charge on any atom is 0.255 e. The Morgan fingerprint density at radius 2 is 1.93 bits per heavy atom. The summed E-state index contributed by atoms with van der Waals surface area (Å²) >= 11 is 0. The second-order valence-electron chi connectivity index (χ2n) is 6.72. The monoisotopic (exact) mass is 391 g/mol. The second-order valence-corrected chi connectivity index (χ2v) is 9.02. The normalized spacial score (nSPS) is 17.3. The number of nitrogens with one attached hydrogen (secondary N) is 1. The van der Waals surface area contributed by atoms with Crippen LogP contribution in [0.4, 0.5) is 10.2 Å². The van der Waals surface area contributed by atoms with E-state index in [1.165, 1.54) is 17.2 Å². The Balaban J connectivity index is 1.58. The van der Waals surface area contributed by atoms with Gasteiger partial charge in [-0.1, -0.05) is 18.2 Å². The molecule has 2 heterocycles. The van der Waals surface area contributed by atoms with Gasteiger partial charge in [-0.15, -0.1) is 0 Å². The average molecular weight is 391 g/mol. The number of sulfone groups is 1. The number of aromatic nitrogens is 1. The summed E-state index contributed by atoms with van der Waals surface area (Å²) < 4.78 is 36.7. The third kappa shape index (κ3) is 5.03. The minimum absolute atomic E-state index is 0.000627. The smallest absolute Gasteiger partial charge is 0.255 e. The molecule has 1 unspecified atom stereocenters. The van der Waals surface area contributed by atoms with Gasteiger partial charge >= 0.3 is 0 Å². The zero-order valence-electron chi connectivity index (χ0n) is 15.1. The second kappa shape index (κ2) is 8.04. The van der Waals surface area contributed by atoms with Crippen LogP contribution in [0.5, 0.6) is 0 Å². The molecule has 27 heavy (non-hydrogen) atoms. The lowest BCUT2D eigenvalue weighted by Gasteiger charge is -2.26. The predicted molar refractivity (Wildman–Crippen MR) is 102 cm³/mol. The molecule has 1 aromatic carbocycles. The Morgan fingerprint density at radius 1 is 1.22 bits per heavy atom. The Labute approximate surface area is 158 Å². The van der Waals surface area contributed by atoms with Gasteiger partial charge in [0.25, 0.3) is 5.91 Å². The molecule has 0 bridgehead atoms. The van der Waals surface area contributed by atoms with E-state index in [0.29, 0.717) is 23.4 Å². The molecule has 144 valence electrons. The van der Waals surface area contributed by atoms with E-state index in [0.717, 1.165) is 0 Å². The molecule has 0 aliphatic carbocycles. The van der Waals surface area contributed by atoms with Crippen molar-refractivity contribution in [2.45, 2.75) is 19.4 Å². The van der Waals surface area contributed by atoms with Gasteiger partial charge < -0.3 is 10.2 Å². The maximum atomic E-state index is 13.7. The first-order chi connectivity index (χ1) is 12.8. The molecule has 0 radical (unpaired) electrons. The van der Waals surface area contributed by atoms with Crippen LogP contribution in [0.25, 0.3) is 0 Å². The van der Waals surface area contributed by atoms with E-state index in [-0.39, 0.29) is 42.4 Å². The van der Waals surface area contributed by atoms with Crippen LogP contribution in [-0.4, -0.2) is 54.8 Å². The molecular formula is C19H22FN3O3S. The summed E-state index contributed by atoms with van der Waals surface area (Å²) in [4.78, 5) is 18.2. The Hall–Kier alpha value is -2.48. The molecule has 1 saturated heterocycles. The third-order valence-electron chi connectivity index (χ3n) is 4.52. The number of hydrogen-bond acceptors (Lipinski definition) is 5. The van der Waals surface area contributed by atoms with Gasteiger partial charge in [-0.05, 0) is 37.1 Å². The van der Waals surface area contributed by atoms with Crippen LogP contribution in [0, 0.1) is 5.82 Å². The summed E-state index contributed by atoms with van der Waals surface area (Å²) in [5.41, 5.74) is 1.05. The zero-order chi connectivity index (χ0) is 19.4. The van der Waals surface area contributed by atoms with Crippen molar-refractivity contribution in [3.05, 3.63) is 59.5 Å². The van der Waals surface area contributed by atoms with E-state index in [9.17, 15) is 17.6 Å². The van der Waals surface area contributed by atoms with Crippen molar-refractivity contribution in [1.82, 2.24) is 9.88 Å². The molecule has 0 spiro atoms. The first-order valence-corrected chi connectivity index (χ1v) is 10.6. The number of nitrogens with zero attached hydrogens (tertiary/aromatic N) is 2. The van der Waals surface area contributed by atoms with Crippen molar-refractivity contribution in [3.8, 4) is 0 Å². The Kier molecular flexibility index (Phi) is 5.74. The van der Waals surface area contributed by atoms with Crippen LogP contribution in [0.15, 0.2) is 42.6 Å². The number of carbonyl (C=O) groups is 1. The molecule has 8 heteroatoms. The number of hydrogen-bond donors (Lipinski definition) is 1. The van der Waals surface area contributed by atoms with Gasteiger partial charge in [0.2, 0.25) is 0 Å². The van der Waals surface area contributed by atoms with Crippen molar-refractivity contribution in [1.29, 1.82) is 0 Å². The highest BCUT2D eigenvalue weighted by Gasteiger charge is 2.25. The van der Waals surface area contributed by atoms with Crippen LogP contribution in [0.1, 0.15) is 22.8 Å². The van der Waals surface area contributed by atoms with Gasteiger partial charge in [0.15, 0.2) is 9.84 Å². The number of amides is 1. The molecule has 1 aliphatic heterocycles. The van der Waals surface area contributed by atoms with Crippen LogP contribution in [0.2, 0.25) is 0 Å². The van der Waals surface area contributed by atoms with Crippen LogP contribution in [0.3, 0.4) is 0 Å². The van der Waals surface area contributed by atoms with E-state index >= 15 is 0 Å². The number of pyridine rings is 1. The van der Waals surface area contributed by atoms with Gasteiger partial charge in [0.05, 0.1) is 17.1 Å². The summed E-state index contributed by atoms with van der Waals surface area (Å²) in [5, 5.41) is 3.19. The van der Waals surface area contributed by atoms with E-state index in [2.05, 4.69) is 10.3 Å². The van der Waals surface area contributed by atoms with E-state index in [1.807, 2.05) is 6.92 Å². The number of benzene rings is 1. The third-order valence-corrected chi connectivity index (χ3v) is 6.13. The van der Waals surface area contributed by atoms with Gasteiger partial charge in [0, 0.05) is 25.3 Å². The predicted octanol–water partition coefficient (Wildman–Crippen LogP) is 2.13. The molecule has 6 nitrogen and oxygen atoms in total. The highest BCUT2D eigenvalue weighted by molar-refractivity contribution is 7.91. The molecular weight excluding hydrogens is 369 g/mol. The quantitative estimate of drug-likeness (QED) is 0.845. The van der Waals surface area contributed by atoms with Crippen LogP contribution in [-0.2, 0) is 16.3 Å². The highest BCUT2D eigenvalue weighted by atomic mass is 32.2. The Morgan fingerprint density at radius 3 is 2.56 bits per heavy atom. The summed E-state index contributed by atoms with van der Waals surface area (Å²) in [5.74, 6) is 0.141. The molecule has 1 atom stereocenters. The lowest BCUT2D eigenvalue weighted by atomic mass is 10.1. The summed E-state index contributed by atoms with van der Waals surface area (Å²) in [6.45, 7) is 2.35. The standard InChI is InChI=1S/C19H22FN3O3S/c1-14(12-15-4-2-3-5-17(15)20)22-18-7-6-16(13-21-18)19(24)23-8-10-27(25,26)11-9-23/h2-7,13-14H,8-12H2,1H3,(H,21,22). The fourth-order valence-electron chi connectivity index (χ4n) is 3.00. The fourth-order valence-corrected chi connectivity index (χ4v) is 4.20. The van der Waals surface area contributed by atoms with E-state index < -0.39 is 9.84 Å². The first kappa shape index (κ1) is 19.3. The maximum absolute atomic E-state index is 13.7. The van der Waals surface area contributed by atoms with Gasteiger partial charge in [-0.3, -0.25) is 4.79 Å². The van der Waals surface area contributed by atoms with Gasteiger partial charge in [0.1, 0.15) is 11.6 Å². The summed E-state index contributed by atoms with van der Waals surface area (Å²) in [6.07, 6.45) is 1.99. The van der Waals surface area contributed by atoms with Crippen molar-refractivity contribution < 1.29 is 17.6 Å². The van der Waals surface area contributed by atoms with Gasteiger partial charge in [-0.2, -0.15) is 0 Å². The topological polar surface area (TPSA) is 79.4 Å². The highest BCUT2D eigenvalue weighted by Crippen LogP contribution is 2.14. The largest absolute Gasteiger partial charge is 0.367 e. The zero-order valence-corrected chi connectivity index (χ0v) is 15.9. The van der Waals surface area contributed by atoms with Gasteiger partial charge in [-0.25, -0.2) is 17.8 Å². The molecule has 1 amide bonds. The molecule has 1 aliphatic rings. The van der Waals surface area contributed by atoms with E-state index in [1.54, 1.807) is 30.3 Å². The molecule has 0 saturated carbocycles. The van der Waals surface area contributed by atoms with Crippen molar-refractivity contribution in [2.75, 3.05) is 29.9 Å². The first-order valence-electron chi connectivity index (χ1n) is 8.80. The Bertz CT molecular complexity index is 902. The number of anilines is 1. The number of halogens is 1. The van der Waals surface area contributed by atoms with Crippen molar-refractivity contribution >= 4 is 21.6 Å². The summed E-state index contributed by atoms with van der Waals surface area (Å²) in [7, 11) is -3.03. The molecule has 1 aromatic heterocycles. The number of carbonyl (C=O) groups excluding carboxylic acids is 1. The number of rotatable bonds is 5. The minimum atomic E-state index is -3.03. The average Bonchev–Trinajstić information content (AvgIpc) is 2.64. The SMILES string of the molecule is CC(Cc1ccccc1F)Nc1ccc(C(=O)N2CCS(=O)(=O)CC2)cn1. The lowest BCUT2D eigenvalue weighted by molar-refractivity contribution is 0.0770. The lowest BCUT2D eigenvalue weighted by Crippen LogP contribution is -2.43. The summed E-state index contributed by atoms with van der Waals surface area (Å²) in [6, 6.07) is 9.97. The molecule has 1 fully saturated rings. The fraction of sp³-hybridized carbons (Fsp3) is 0.368.